The molecule has 1 aliphatic carbocycles. The van der Waals surface area contributed by atoms with Gasteiger partial charge in [-0.05, 0) is 25.0 Å². The summed E-state index contributed by atoms with van der Waals surface area (Å²) in [5, 5.41) is 10.6. The van der Waals surface area contributed by atoms with Crippen molar-refractivity contribution in [2.45, 2.75) is 25.5 Å². The lowest BCUT2D eigenvalue weighted by atomic mass is 10.1. The number of methoxy groups -OCH3 is 1. The van der Waals surface area contributed by atoms with Gasteiger partial charge in [-0.3, -0.25) is 4.98 Å². The fourth-order valence-electron chi connectivity index (χ4n) is 2.60. The fraction of sp³-hybridized carbons (Fsp3) is 0.438. The molecule has 0 unspecified atom stereocenters. The van der Waals surface area contributed by atoms with Crippen molar-refractivity contribution in [3.8, 4) is 0 Å². The summed E-state index contributed by atoms with van der Waals surface area (Å²) in [6.45, 7) is 1.56. The van der Waals surface area contributed by atoms with E-state index in [1.807, 2.05) is 24.3 Å². The summed E-state index contributed by atoms with van der Waals surface area (Å²) in [4.78, 5) is 6.88. The van der Waals surface area contributed by atoms with Gasteiger partial charge >= 0.3 is 0 Å². The Morgan fingerprint density at radius 2 is 2.15 bits per heavy atom. The summed E-state index contributed by atoms with van der Waals surface area (Å²) in [6, 6.07) is 10.7. The number of para-hydroxylation sites is 1. The van der Waals surface area contributed by atoms with Gasteiger partial charge < -0.3 is 14.7 Å². The Morgan fingerprint density at radius 1 is 1.35 bits per heavy atom. The molecule has 0 bridgehead atoms. The van der Waals surface area contributed by atoms with Crippen molar-refractivity contribution in [2.24, 2.45) is 0 Å². The van der Waals surface area contributed by atoms with Gasteiger partial charge in [0.15, 0.2) is 0 Å². The van der Waals surface area contributed by atoms with Crippen LogP contribution in [0.3, 0.4) is 0 Å². The minimum absolute atomic E-state index is 0.0272. The second-order valence-corrected chi connectivity index (χ2v) is 5.23. The van der Waals surface area contributed by atoms with Gasteiger partial charge in [0.2, 0.25) is 0 Å². The number of ether oxygens (including phenoxy) is 1. The van der Waals surface area contributed by atoms with Crippen LogP contribution in [0, 0.1) is 0 Å². The molecule has 0 saturated heterocycles. The minimum atomic E-state index is -0.0272. The molecule has 2 aromatic rings. The Labute approximate surface area is 119 Å². The number of hydrogen-bond donors (Lipinski definition) is 1. The normalized spacial score (nSPS) is 14.7. The second-order valence-electron chi connectivity index (χ2n) is 5.23. The predicted octanol–water partition coefficient (Wildman–Crippen LogP) is 2.34. The van der Waals surface area contributed by atoms with E-state index in [0.29, 0.717) is 12.6 Å². The van der Waals surface area contributed by atoms with Gasteiger partial charge in [-0.2, -0.15) is 0 Å². The van der Waals surface area contributed by atoms with E-state index in [9.17, 15) is 5.11 Å². The minimum Gasteiger partial charge on any atom is -0.390 e. The third-order valence-corrected chi connectivity index (χ3v) is 3.74. The zero-order chi connectivity index (χ0) is 13.9. The predicted molar refractivity (Wildman–Crippen MR) is 79.9 cm³/mol. The Balaban J connectivity index is 2.06. The van der Waals surface area contributed by atoms with E-state index >= 15 is 0 Å². The summed E-state index contributed by atoms with van der Waals surface area (Å²) in [5.74, 6) is 0. The van der Waals surface area contributed by atoms with Crippen molar-refractivity contribution in [3.05, 3.63) is 36.0 Å². The molecule has 1 N–H and O–H groups in total. The maximum absolute atomic E-state index is 9.43. The maximum Gasteiger partial charge on any atom is 0.0854 e. The van der Waals surface area contributed by atoms with Crippen LogP contribution in [0.25, 0.3) is 10.9 Å². The molecule has 0 atom stereocenters. The molecule has 1 aliphatic rings. The number of fused-ring (bicyclic) bond motifs is 1. The summed E-state index contributed by atoms with van der Waals surface area (Å²) >= 11 is 0. The standard InChI is InChI=1S/C16H20N2O2/c1-20-9-8-18(13-6-7-13)16-10-12(11-19)17-15-5-3-2-4-14(15)16/h2-5,10,13,19H,6-9,11H2,1H3. The van der Waals surface area contributed by atoms with E-state index in [-0.39, 0.29) is 6.61 Å². The molecule has 1 fully saturated rings. The molecule has 1 aromatic carbocycles. The molecule has 1 heterocycles. The lowest BCUT2D eigenvalue weighted by Gasteiger charge is -2.26. The Bertz CT molecular complexity index is 596. The zero-order valence-electron chi connectivity index (χ0n) is 11.7. The second kappa shape index (κ2) is 5.77. The van der Waals surface area contributed by atoms with E-state index in [2.05, 4.69) is 16.0 Å². The highest BCUT2D eigenvalue weighted by molar-refractivity contribution is 5.92. The van der Waals surface area contributed by atoms with Gasteiger partial charge in [-0.15, -0.1) is 0 Å². The molecule has 0 amide bonds. The highest BCUT2D eigenvalue weighted by Gasteiger charge is 2.30. The number of pyridine rings is 1. The van der Waals surface area contributed by atoms with Crippen LogP contribution < -0.4 is 4.90 Å². The lowest BCUT2D eigenvalue weighted by molar-refractivity contribution is 0.205. The molecular formula is C16H20N2O2. The first-order valence-corrected chi connectivity index (χ1v) is 7.08. The van der Waals surface area contributed by atoms with Gasteiger partial charge in [-0.25, -0.2) is 0 Å². The maximum atomic E-state index is 9.43. The number of aliphatic hydroxyl groups excluding tert-OH is 1. The average molecular weight is 272 g/mol. The van der Waals surface area contributed by atoms with Crippen molar-refractivity contribution in [2.75, 3.05) is 25.2 Å². The molecule has 20 heavy (non-hydrogen) atoms. The van der Waals surface area contributed by atoms with Crippen LogP contribution >= 0.6 is 0 Å². The molecule has 4 nitrogen and oxygen atoms in total. The molecular weight excluding hydrogens is 252 g/mol. The van der Waals surface area contributed by atoms with Gasteiger partial charge in [0.25, 0.3) is 0 Å². The smallest absolute Gasteiger partial charge is 0.0854 e. The first-order chi connectivity index (χ1) is 9.83. The summed E-state index contributed by atoms with van der Waals surface area (Å²) in [7, 11) is 1.73. The molecule has 4 heteroatoms. The summed E-state index contributed by atoms with van der Waals surface area (Å²) < 4.78 is 5.23. The van der Waals surface area contributed by atoms with Crippen LogP contribution in [-0.2, 0) is 11.3 Å². The Morgan fingerprint density at radius 3 is 2.85 bits per heavy atom. The first kappa shape index (κ1) is 13.3. The largest absolute Gasteiger partial charge is 0.390 e. The summed E-state index contributed by atoms with van der Waals surface area (Å²) in [6.07, 6.45) is 2.46. The highest BCUT2D eigenvalue weighted by atomic mass is 16.5. The van der Waals surface area contributed by atoms with E-state index in [0.717, 1.165) is 23.1 Å². The number of benzene rings is 1. The molecule has 1 aromatic heterocycles. The molecule has 1 saturated carbocycles. The lowest BCUT2D eigenvalue weighted by Crippen LogP contribution is -2.29. The molecule has 0 radical (unpaired) electrons. The monoisotopic (exact) mass is 272 g/mol. The zero-order valence-corrected chi connectivity index (χ0v) is 11.7. The van der Waals surface area contributed by atoms with Crippen molar-refractivity contribution in [1.82, 2.24) is 4.98 Å². The van der Waals surface area contributed by atoms with Crippen LogP contribution in [0.15, 0.2) is 30.3 Å². The molecule has 106 valence electrons. The Kier molecular flexibility index (Phi) is 3.85. The average Bonchev–Trinajstić information content (AvgIpc) is 3.32. The van der Waals surface area contributed by atoms with Crippen LogP contribution in [0.2, 0.25) is 0 Å². The first-order valence-electron chi connectivity index (χ1n) is 7.08. The Hall–Kier alpha value is -1.65. The van der Waals surface area contributed by atoms with Crippen molar-refractivity contribution in [1.29, 1.82) is 0 Å². The van der Waals surface area contributed by atoms with Crippen molar-refractivity contribution in [3.63, 3.8) is 0 Å². The van der Waals surface area contributed by atoms with Crippen LogP contribution in [-0.4, -0.2) is 36.4 Å². The summed E-state index contributed by atoms with van der Waals surface area (Å²) in [5.41, 5.74) is 2.83. The highest BCUT2D eigenvalue weighted by Crippen LogP contribution is 2.35. The number of aromatic nitrogens is 1. The molecule has 0 aliphatic heterocycles. The van der Waals surface area contributed by atoms with E-state index in [4.69, 9.17) is 4.74 Å². The third kappa shape index (κ3) is 2.62. The van der Waals surface area contributed by atoms with E-state index in [1.165, 1.54) is 18.5 Å². The van der Waals surface area contributed by atoms with Crippen LogP contribution in [0.1, 0.15) is 18.5 Å². The van der Waals surface area contributed by atoms with Gasteiger partial charge in [0, 0.05) is 30.8 Å². The number of rotatable bonds is 6. The molecule has 0 spiro atoms. The van der Waals surface area contributed by atoms with E-state index in [1.54, 1.807) is 7.11 Å². The van der Waals surface area contributed by atoms with Gasteiger partial charge in [0.1, 0.15) is 0 Å². The number of anilines is 1. The van der Waals surface area contributed by atoms with Crippen molar-refractivity contribution < 1.29 is 9.84 Å². The van der Waals surface area contributed by atoms with Gasteiger partial charge in [0.05, 0.1) is 24.4 Å². The number of hydrogen-bond acceptors (Lipinski definition) is 4. The fourth-order valence-corrected chi connectivity index (χ4v) is 2.60. The third-order valence-electron chi connectivity index (χ3n) is 3.74. The number of aliphatic hydroxyl groups is 1. The van der Waals surface area contributed by atoms with Crippen LogP contribution in [0.4, 0.5) is 5.69 Å². The van der Waals surface area contributed by atoms with Gasteiger partial charge in [-0.1, -0.05) is 18.2 Å². The quantitative estimate of drug-likeness (QED) is 0.876. The molecule has 3 rings (SSSR count). The van der Waals surface area contributed by atoms with Crippen molar-refractivity contribution >= 4 is 16.6 Å². The van der Waals surface area contributed by atoms with Crippen LogP contribution in [0.5, 0.6) is 0 Å². The number of nitrogens with zero attached hydrogens (tertiary/aromatic N) is 2. The topological polar surface area (TPSA) is 45.6 Å². The SMILES string of the molecule is COCCN(c1cc(CO)nc2ccccc12)C1CC1. The van der Waals surface area contributed by atoms with E-state index < -0.39 is 0 Å².